The topological polar surface area (TPSA) is 38.7 Å². The fraction of sp³-hybridized carbons (Fsp3) is 0.400. The predicted molar refractivity (Wildman–Crippen MR) is 60.0 cm³/mol. The molecule has 1 N–H and O–H groups in total. The summed E-state index contributed by atoms with van der Waals surface area (Å²) in [6.45, 7) is 0.0465. The average Bonchev–Trinajstić information content (AvgIpc) is 2.26. The van der Waals surface area contributed by atoms with Gasteiger partial charge in [0.25, 0.3) is 0 Å². The normalized spacial score (nSPS) is 12.6. The Morgan fingerprint density at radius 2 is 2.00 bits per heavy atom. The molecule has 1 rings (SSSR count). The van der Waals surface area contributed by atoms with Crippen LogP contribution in [0.15, 0.2) is 24.3 Å². The Hall–Kier alpha value is -0.640. The van der Waals surface area contributed by atoms with Crippen molar-refractivity contribution < 1.29 is 14.6 Å². The molecule has 0 heterocycles. The summed E-state index contributed by atoms with van der Waals surface area (Å²) < 4.78 is 10.3. The van der Waals surface area contributed by atoms with Crippen LogP contribution in [-0.2, 0) is 0 Å². The van der Waals surface area contributed by atoms with Crippen LogP contribution in [0.4, 0.5) is 0 Å². The second kappa shape index (κ2) is 6.05. The first-order chi connectivity index (χ1) is 7.13. The standard InChI is InChI=1S/C10H12Cl2O3/c1-14-7-3-2-4-8(5-7)15-6-9(13)10(11)12/h2-5,9-10,13H,6H2,1H3. The van der Waals surface area contributed by atoms with Gasteiger partial charge in [-0.15, -0.1) is 23.2 Å². The zero-order valence-corrected chi connectivity index (χ0v) is 9.70. The van der Waals surface area contributed by atoms with Crippen LogP contribution in [-0.4, -0.2) is 29.8 Å². The van der Waals surface area contributed by atoms with Crippen molar-refractivity contribution in [2.24, 2.45) is 0 Å². The summed E-state index contributed by atoms with van der Waals surface area (Å²) in [6.07, 6.45) is -0.903. The van der Waals surface area contributed by atoms with E-state index in [0.29, 0.717) is 11.5 Å². The minimum absolute atomic E-state index is 0.0465. The van der Waals surface area contributed by atoms with E-state index in [4.69, 9.17) is 32.7 Å². The van der Waals surface area contributed by atoms with Gasteiger partial charge in [-0.2, -0.15) is 0 Å². The third kappa shape index (κ3) is 4.16. The van der Waals surface area contributed by atoms with Crippen LogP contribution in [0.1, 0.15) is 0 Å². The lowest BCUT2D eigenvalue weighted by atomic mass is 10.3. The van der Waals surface area contributed by atoms with Gasteiger partial charge in [0.2, 0.25) is 0 Å². The summed E-state index contributed by atoms with van der Waals surface area (Å²) in [5.74, 6) is 1.29. The van der Waals surface area contributed by atoms with Crippen molar-refractivity contribution in [2.45, 2.75) is 10.9 Å². The van der Waals surface area contributed by atoms with Gasteiger partial charge in [-0.05, 0) is 12.1 Å². The lowest BCUT2D eigenvalue weighted by Gasteiger charge is -2.13. The molecule has 0 aliphatic rings. The van der Waals surface area contributed by atoms with E-state index in [2.05, 4.69) is 0 Å². The van der Waals surface area contributed by atoms with Crippen LogP contribution in [0.3, 0.4) is 0 Å². The maximum Gasteiger partial charge on any atom is 0.136 e. The van der Waals surface area contributed by atoms with Gasteiger partial charge in [0.1, 0.15) is 29.0 Å². The quantitative estimate of drug-likeness (QED) is 0.815. The Labute approximate surface area is 98.5 Å². The number of halogens is 2. The summed E-state index contributed by atoms with van der Waals surface area (Å²) in [5, 5.41) is 9.29. The molecule has 0 aromatic heterocycles. The fourth-order valence-corrected chi connectivity index (χ4v) is 1.09. The molecule has 0 spiro atoms. The summed E-state index contributed by atoms with van der Waals surface area (Å²) in [6, 6.07) is 7.06. The summed E-state index contributed by atoms with van der Waals surface area (Å²) in [5.41, 5.74) is 0. The van der Waals surface area contributed by atoms with E-state index >= 15 is 0 Å². The first-order valence-electron chi connectivity index (χ1n) is 4.36. The van der Waals surface area contributed by atoms with Crippen molar-refractivity contribution in [3.8, 4) is 11.5 Å². The molecule has 0 aliphatic carbocycles. The highest BCUT2D eigenvalue weighted by Gasteiger charge is 2.13. The summed E-state index contributed by atoms with van der Waals surface area (Å²) in [4.78, 5) is -0.851. The van der Waals surface area contributed by atoms with Gasteiger partial charge in [-0.3, -0.25) is 0 Å². The second-order valence-corrected chi connectivity index (χ2v) is 4.06. The van der Waals surface area contributed by atoms with E-state index in [9.17, 15) is 5.11 Å². The number of ether oxygens (including phenoxy) is 2. The highest BCUT2D eigenvalue weighted by Crippen LogP contribution is 2.19. The lowest BCUT2D eigenvalue weighted by molar-refractivity contribution is 0.118. The Morgan fingerprint density at radius 1 is 1.33 bits per heavy atom. The van der Waals surface area contributed by atoms with Crippen molar-refractivity contribution in [2.75, 3.05) is 13.7 Å². The van der Waals surface area contributed by atoms with Crippen LogP contribution < -0.4 is 9.47 Å². The van der Waals surface area contributed by atoms with E-state index in [1.807, 2.05) is 0 Å². The second-order valence-electron chi connectivity index (χ2n) is 2.89. The minimum atomic E-state index is -0.903. The number of aliphatic hydroxyl groups is 1. The number of methoxy groups -OCH3 is 1. The molecule has 0 radical (unpaired) electrons. The molecule has 5 heteroatoms. The Kier molecular flexibility index (Phi) is 5.02. The molecule has 0 aliphatic heterocycles. The average molecular weight is 251 g/mol. The number of rotatable bonds is 5. The van der Waals surface area contributed by atoms with E-state index in [1.54, 1.807) is 31.4 Å². The highest BCUT2D eigenvalue weighted by molar-refractivity contribution is 6.44. The number of hydrogen-bond donors (Lipinski definition) is 1. The molecular weight excluding hydrogens is 239 g/mol. The van der Waals surface area contributed by atoms with E-state index in [1.165, 1.54) is 0 Å². The molecule has 1 atom stereocenters. The van der Waals surface area contributed by atoms with E-state index in [0.717, 1.165) is 0 Å². The molecule has 84 valence electrons. The third-order valence-corrected chi connectivity index (χ3v) is 2.33. The highest BCUT2D eigenvalue weighted by atomic mass is 35.5. The molecule has 15 heavy (non-hydrogen) atoms. The van der Waals surface area contributed by atoms with Gasteiger partial charge in [0.05, 0.1) is 7.11 Å². The number of hydrogen-bond acceptors (Lipinski definition) is 3. The monoisotopic (exact) mass is 250 g/mol. The number of benzene rings is 1. The number of alkyl halides is 2. The van der Waals surface area contributed by atoms with Crippen LogP contribution in [0.2, 0.25) is 0 Å². The maximum atomic E-state index is 9.29. The molecule has 0 fully saturated rings. The first kappa shape index (κ1) is 12.4. The predicted octanol–water partition coefficient (Wildman–Crippen LogP) is 2.24. The van der Waals surface area contributed by atoms with Gasteiger partial charge in [-0.1, -0.05) is 6.07 Å². The Balaban J connectivity index is 2.50. The number of aliphatic hydroxyl groups excluding tert-OH is 1. The molecule has 3 nitrogen and oxygen atoms in total. The van der Waals surface area contributed by atoms with Crippen LogP contribution in [0, 0.1) is 0 Å². The summed E-state index contributed by atoms with van der Waals surface area (Å²) in [7, 11) is 1.57. The first-order valence-corrected chi connectivity index (χ1v) is 5.24. The zero-order chi connectivity index (χ0) is 11.3. The Bertz CT molecular complexity index is 304. The lowest BCUT2D eigenvalue weighted by Crippen LogP contribution is -2.24. The van der Waals surface area contributed by atoms with E-state index in [-0.39, 0.29) is 6.61 Å². The van der Waals surface area contributed by atoms with Crippen LogP contribution in [0.5, 0.6) is 11.5 Å². The van der Waals surface area contributed by atoms with Crippen LogP contribution in [0.25, 0.3) is 0 Å². The molecule has 1 aromatic rings. The summed E-state index contributed by atoms with van der Waals surface area (Å²) >= 11 is 10.9. The minimum Gasteiger partial charge on any atom is -0.497 e. The van der Waals surface area contributed by atoms with Crippen molar-refractivity contribution in [1.82, 2.24) is 0 Å². The van der Waals surface area contributed by atoms with Gasteiger partial charge in [-0.25, -0.2) is 0 Å². The molecule has 1 aromatic carbocycles. The van der Waals surface area contributed by atoms with Crippen LogP contribution >= 0.6 is 23.2 Å². The van der Waals surface area contributed by atoms with Gasteiger partial charge in [0, 0.05) is 6.07 Å². The van der Waals surface area contributed by atoms with Gasteiger partial charge in [0.15, 0.2) is 0 Å². The van der Waals surface area contributed by atoms with Crippen molar-refractivity contribution >= 4 is 23.2 Å². The van der Waals surface area contributed by atoms with E-state index < -0.39 is 10.9 Å². The maximum absolute atomic E-state index is 9.29. The van der Waals surface area contributed by atoms with Gasteiger partial charge >= 0.3 is 0 Å². The molecule has 1 unspecified atom stereocenters. The molecule has 0 amide bonds. The largest absolute Gasteiger partial charge is 0.497 e. The van der Waals surface area contributed by atoms with Gasteiger partial charge < -0.3 is 14.6 Å². The molecular formula is C10H12Cl2O3. The SMILES string of the molecule is COc1cccc(OCC(O)C(Cl)Cl)c1. The molecule has 0 bridgehead atoms. The zero-order valence-electron chi connectivity index (χ0n) is 8.19. The Morgan fingerprint density at radius 3 is 2.60 bits per heavy atom. The van der Waals surface area contributed by atoms with Crippen molar-refractivity contribution in [3.63, 3.8) is 0 Å². The fourth-order valence-electron chi connectivity index (χ4n) is 0.945. The third-order valence-electron chi connectivity index (χ3n) is 1.75. The molecule has 0 saturated carbocycles. The van der Waals surface area contributed by atoms with Crippen molar-refractivity contribution in [3.05, 3.63) is 24.3 Å². The smallest absolute Gasteiger partial charge is 0.136 e. The van der Waals surface area contributed by atoms with Crippen molar-refractivity contribution in [1.29, 1.82) is 0 Å². The molecule has 0 saturated heterocycles.